The van der Waals surface area contributed by atoms with Gasteiger partial charge < -0.3 is 28.9 Å². The highest BCUT2D eigenvalue weighted by molar-refractivity contribution is 6.01. The van der Waals surface area contributed by atoms with Crippen molar-refractivity contribution in [3.8, 4) is 22.6 Å². The molecule has 4 N–H and O–H groups in total. The molecular formula is C21H18N4O8. The fourth-order valence-corrected chi connectivity index (χ4v) is 5.12. The molecule has 12 heteroatoms. The zero-order chi connectivity index (χ0) is 22.9. The van der Waals surface area contributed by atoms with Crippen molar-refractivity contribution in [2.24, 2.45) is 11.8 Å². The number of carbonyl (C=O) groups excluding carboxylic acids is 2. The van der Waals surface area contributed by atoms with Gasteiger partial charge in [-0.2, -0.15) is 0 Å². The van der Waals surface area contributed by atoms with Crippen LogP contribution in [-0.4, -0.2) is 48.5 Å². The molecule has 2 aliphatic heterocycles. The minimum Gasteiger partial charge on any atom is -0.490 e. The molecular weight excluding hydrogens is 436 g/mol. The number of fused-ring (bicyclic) bond motifs is 7. The number of H-pyrrole nitrogens is 2. The number of amides is 1. The summed E-state index contributed by atoms with van der Waals surface area (Å²) in [5.41, 5.74) is 0.262. The van der Waals surface area contributed by atoms with Crippen LogP contribution in [0.2, 0.25) is 0 Å². The van der Waals surface area contributed by atoms with Crippen LogP contribution in [-0.2, 0) is 14.3 Å². The van der Waals surface area contributed by atoms with Gasteiger partial charge in [0.25, 0.3) is 5.56 Å². The fourth-order valence-electron chi connectivity index (χ4n) is 5.12. The van der Waals surface area contributed by atoms with Crippen molar-refractivity contribution in [2.45, 2.75) is 12.0 Å². The van der Waals surface area contributed by atoms with Gasteiger partial charge >= 0.3 is 11.7 Å². The maximum absolute atomic E-state index is 12.9. The average Bonchev–Trinajstić information content (AvgIpc) is 3.16. The first-order chi connectivity index (χ1) is 16.0. The predicted molar refractivity (Wildman–Crippen MR) is 111 cm³/mol. The van der Waals surface area contributed by atoms with E-state index in [2.05, 4.69) is 20.6 Å². The molecule has 3 aliphatic rings. The first-order valence-corrected chi connectivity index (χ1v) is 10.2. The number of aromatic nitrogens is 2. The van der Waals surface area contributed by atoms with Crippen LogP contribution in [0.25, 0.3) is 22.1 Å². The smallest absolute Gasteiger partial charge is 0.325 e. The van der Waals surface area contributed by atoms with E-state index >= 15 is 0 Å². The molecule has 4 unspecified atom stereocenters. The van der Waals surface area contributed by atoms with Crippen LogP contribution in [0.4, 0.5) is 0 Å². The van der Waals surface area contributed by atoms with Gasteiger partial charge in [-0.1, -0.05) is 0 Å². The van der Waals surface area contributed by atoms with E-state index in [-0.39, 0.29) is 42.0 Å². The number of esters is 1. The number of rotatable bonds is 2. The summed E-state index contributed by atoms with van der Waals surface area (Å²) in [7, 11) is 1.41. The van der Waals surface area contributed by atoms with E-state index in [1.165, 1.54) is 19.6 Å². The van der Waals surface area contributed by atoms with Crippen molar-refractivity contribution in [1.29, 1.82) is 0 Å². The van der Waals surface area contributed by atoms with Gasteiger partial charge in [0.1, 0.15) is 13.0 Å². The molecule has 2 fully saturated rings. The van der Waals surface area contributed by atoms with Crippen LogP contribution in [0.15, 0.2) is 32.5 Å². The van der Waals surface area contributed by atoms with E-state index in [9.17, 15) is 19.2 Å². The molecule has 1 amide bonds. The number of hydrogen-bond donors (Lipinski definition) is 4. The topological polar surface area (TPSA) is 165 Å². The lowest BCUT2D eigenvalue weighted by atomic mass is 9.56. The van der Waals surface area contributed by atoms with Gasteiger partial charge in [-0.3, -0.25) is 24.7 Å². The molecule has 4 atom stereocenters. The van der Waals surface area contributed by atoms with Crippen LogP contribution >= 0.6 is 0 Å². The SMILES string of the molecule is COc1c2c(cc3c(-c4c[nH]c(=O)[nH]c4=O)coc13)C1C3C(=O)NCOCNC3C1C(=O)O2. The van der Waals surface area contributed by atoms with Gasteiger partial charge in [-0.15, -0.1) is 0 Å². The second-order valence-electron chi connectivity index (χ2n) is 8.10. The van der Waals surface area contributed by atoms with E-state index in [0.29, 0.717) is 16.5 Å². The second kappa shape index (κ2) is 7.05. The molecule has 6 rings (SSSR count). The molecule has 170 valence electrons. The molecule has 12 nitrogen and oxygen atoms in total. The zero-order valence-corrected chi connectivity index (χ0v) is 17.2. The Bertz CT molecular complexity index is 1440. The molecule has 4 heterocycles. The van der Waals surface area contributed by atoms with Crippen LogP contribution in [0.5, 0.6) is 11.5 Å². The third-order valence-electron chi connectivity index (χ3n) is 6.57. The van der Waals surface area contributed by atoms with Crippen molar-refractivity contribution in [2.75, 3.05) is 20.6 Å². The highest BCUT2D eigenvalue weighted by Crippen LogP contribution is 2.58. The average molecular weight is 454 g/mol. The Morgan fingerprint density at radius 2 is 1.91 bits per heavy atom. The number of methoxy groups -OCH3 is 1. The molecule has 0 bridgehead atoms. The maximum Gasteiger partial charge on any atom is 0.325 e. The highest BCUT2D eigenvalue weighted by atomic mass is 16.6. The molecule has 0 spiro atoms. The number of furan rings is 1. The summed E-state index contributed by atoms with van der Waals surface area (Å²) in [6, 6.07) is 1.31. The Morgan fingerprint density at radius 1 is 1.06 bits per heavy atom. The zero-order valence-electron chi connectivity index (χ0n) is 17.2. The molecule has 1 saturated heterocycles. The van der Waals surface area contributed by atoms with Crippen molar-refractivity contribution in [3.63, 3.8) is 0 Å². The van der Waals surface area contributed by atoms with Gasteiger partial charge in [0.15, 0.2) is 11.3 Å². The summed E-state index contributed by atoms with van der Waals surface area (Å²) in [5, 5.41) is 6.35. The second-order valence-corrected chi connectivity index (χ2v) is 8.10. The number of carbonyl (C=O) groups is 2. The molecule has 0 radical (unpaired) electrons. The third-order valence-corrected chi connectivity index (χ3v) is 6.57. The van der Waals surface area contributed by atoms with E-state index in [1.54, 1.807) is 6.07 Å². The minimum atomic E-state index is -0.631. The summed E-state index contributed by atoms with van der Waals surface area (Å²) < 4.78 is 22.1. The van der Waals surface area contributed by atoms with Gasteiger partial charge in [0.2, 0.25) is 11.7 Å². The Balaban J connectivity index is 1.56. The highest BCUT2D eigenvalue weighted by Gasteiger charge is 2.61. The fraction of sp³-hybridized carbons (Fsp3) is 0.333. The van der Waals surface area contributed by atoms with Gasteiger partial charge in [-0.25, -0.2) is 4.79 Å². The number of nitrogens with one attached hydrogen (secondary N) is 4. The monoisotopic (exact) mass is 454 g/mol. The summed E-state index contributed by atoms with van der Waals surface area (Å²) in [6.45, 7) is 0.251. The number of benzene rings is 1. The first-order valence-electron chi connectivity index (χ1n) is 10.2. The standard InChI is InChI=1S/C21H18N4O8/c1-30-17-15-7(10(4-32-15)9-3-22-21(29)25-18(9)26)2-8-11-12-14(13(11)20(28)33-16(8)17)23-5-31-6-24-19(12)27/h2-4,11-14,23H,5-6H2,1H3,(H,24,27)(H2,22,25,26,29). The van der Waals surface area contributed by atoms with Crippen LogP contribution in [0, 0.1) is 11.8 Å². The maximum atomic E-state index is 12.9. The quantitative estimate of drug-likeness (QED) is 0.302. The number of ether oxygens (including phenoxy) is 3. The molecule has 2 aromatic heterocycles. The molecule has 1 saturated carbocycles. The molecule has 1 aliphatic carbocycles. The van der Waals surface area contributed by atoms with Crippen molar-refractivity contribution in [3.05, 3.63) is 44.9 Å². The van der Waals surface area contributed by atoms with Crippen LogP contribution in [0.1, 0.15) is 11.5 Å². The molecule has 33 heavy (non-hydrogen) atoms. The number of hydrogen-bond acceptors (Lipinski definition) is 9. The minimum absolute atomic E-state index is 0.0625. The van der Waals surface area contributed by atoms with Crippen LogP contribution in [0.3, 0.4) is 0 Å². The first kappa shape index (κ1) is 19.8. The third kappa shape index (κ3) is 2.71. The van der Waals surface area contributed by atoms with Crippen molar-refractivity contribution >= 4 is 22.8 Å². The Morgan fingerprint density at radius 3 is 2.70 bits per heavy atom. The lowest BCUT2D eigenvalue weighted by molar-refractivity contribution is -0.157. The Hall–Kier alpha value is -3.90. The Labute approximate surface area is 184 Å². The summed E-state index contributed by atoms with van der Waals surface area (Å²) in [5.74, 6) is -1.92. The lowest BCUT2D eigenvalue weighted by Gasteiger charge is -2.52. The number of aromatic amines is 2. The summed E-state index contributed by atoms with van der Waals surface area (Å²) in [6.07, 6.45) is 2.66. The van der Waals surface area contributed by atoms with E-state index in [1.807, 2.05) is 0 Å². The van der Waals surface area contributed by atoms with E-state index in [0.717, 1.165) is 0 Å². The summed E-state index contributed by atoms with van der Waals surface area (Å²) in [4.78, 5) is 54.2. The summed E-state index contributed by atoms with van der Waals surface area (Å²) >= 11 is 0. The normalized spacial score (nSPS) is 26.1. The van der Waals surface area contributed by atoms with Crippen LogP contribution < -0.4 is 31.4 Å². The van der Waals surface area contributed by atoms with Gasteiger partial charge in [0, 0.05) is 34.7 Å². The molecule has 1 aromatic carbocycles. The lowest BCUT2D eigenvalue weighted by Crippen LogP contribution is -2.67. The van der Waals surface area contributed by atoms with E-state index in [4.69, 9.17) is 18.6 Å². The predicted octanol–water partition coefficient (Wildman–Crippen LogP) is -0.247. The van der Waals surface area contributed by atoms with Gasteiger partial charge in [0.05, 0.1) is 31.2 Å². The van der Waals surface area contributed by atoms with Crippen molar-refractivity contribution in [1.82, 2.24) is 20.6 Å². The Kier molecular flexibility index (Phi) is 4.22. The van der Waals surface area contributed by atoms with Gasteiger partial charge in [-0.05, 0) is 6.07 Å². The largest absolute Gasteiger partial charge is 0.490 e. The van der Waals surface area contributed by atoms with E-state index < -0.39 is 41.0 Å². The molecule has 3 aromatic rings. The van der Waals surface area contributed by atoms with Crippen molar-refractivity contribution < 1.29 is 28.2 Å².